The Kier molecular flexibility index (Phi) is 7.83. The number of nitrogens with one attached hydrogen (secondary N) is 1. The largest absolute Gasteiger partial charge is 0.417 e. The molecule has 0 aromatic carbocycles. The number of aromatic nitrogens is 3. The highest BCUT2D eigenvalue weighted by Crippen LogP contribution is 2.34. The van der Waals surface area contributed by atoms with Crippen molar-refractivity contribution in [3.8, 4) is 0 Å². The molecule has 2 fully saturated rings. The summed E-state index contributed by atoms with van der Waals surface area (Å²) in [6, 6.07) is 2.24. The van der Waals surface area contributed by atoms with Gasteiger partial charge in [0.25, 0.3) is 0 Å². The van der Waals surface area contributed by atoms with E-state index in [0.29, 0.717) is 18.7 Å². The molecule has 2 aliphatic rings. The van der Waals surface area contributed by atoms with Crippen LogP contribution in [0.15, 0.2) is 24.7 Å². The van der Waals surface area contributed by atoms with Gasteiger partial charge in [0, 0.05) is 31.2 Å². The van der Waals surface area contributed by atoms with Crippen LogP contribution >= 0.6 is 0 Å². The lowest BCUT2D eigenvalue weighted by Gasteiger charge is -2.42. The van der Waals surface area contributed by atoms with Gasteiger partial charge in [-0.25, -0.2) is 9.97 Å². The van der Waals surface area contributed by atoms with Gasteiger partial charge < -0.3 is 21.1 Å². The predicted molar refractivity (Wildman–Crippen MR) is 128 cm³/mol. The van der Waals surface area contributed by atoms with E-state index in [0.717, 1.165) is 31.5 Å². The Bertz CT molecular complexity index is 1090. The monoisotopic (exact) mass is 525 g/mol. The predicted octanol–water partition coefficient (Wildman–Crippen LogP) is 2.56. The van der Waals surface area contributed by atoms with Crippen LogP contribution in [-0.2, 0) is 17.5 Å². The Morgan fingerprint density at radius 1 is 1.27 bits per heavy atom. The van der Waals surface area contributed by atoms with Gasteiger partial charge in [-0.1, -0.05) is 0 Å². The van der Waals surface area contributed by atoms with Crippen LogP contribution in [0.4, 0.5) is 29.2 Å². The van der Waals surface area contributed by atoms with Crippen LogP contribution in [0.2, 0.25) is 0 Å². The van der Waals surface area contributed by atoms with Gasteiger partial charge in [-0.3, -0.25) is 14.7 Å². The second-order valence-electron chi connectivity index (χ2n) is 10.0. The van der Waals surface area contributed by atoms with E-state index in [4.69, 9.17) is 5.73 Å². The number of nitrogens with zero attached hydrogens (tertiary/aromatic N) is 5. The van der Waals surface area contributed by atoms with Crippen molar-refractivity contribution in [2.45, 2.75) is 57.0 Å². The minimum Gasteiger partial charge on any atom is -0.388 e. The summed E-state index contributed by atoms with van der Waals surface area (Å²) in [5.41, 5.74) is 3.66. The standard InChI is InChI=1S/C24H31F4N7O2/c1-23(37)13-34(12-19(29)36)8-7-15(23)9-31-21-20(25)22(33-14-32-21)35(18-3-2-4-18)11-17-6-5-16(10-30-17)24(26,27)28/h5-6,10,14-15,18,37H,2-4,7-9,11-13H2,1H3,(H2,29,36)(H,31,32,33)/t15-,23?/m0/s1. The van der Waals surface area contributed by atoms with E-state index >= 15 is 4.39 Å². The molecule has 1 aliphatic heterocycles. The normalized spacial score (nSPS) is 22.9. The summed E-state index contributed by atoms with van der Waals surface area (Å²) in [6.45, 7) is 2.90. The zero-order valence-electron chi connectivity index (χ0n) is 20.5. The molecule has 1 unspecified atom stereocenters. The van der Waals surface area contributed by atoms with Crippen molar-refractivity contribution >= 4 is 17.5 Å². The summed E-state index contributed by atoms with van der Waals surface area (Å²) < 4.78 is 54.3. The molecule has 1 aliphatic carbocycles. The van der Waals surface area contributed by atoms with Crippen LogP contribution in [0, 0.1) is 11.7 Å². The Labute approximate surface area is 212 Å². The summed E-state index contributed by atoms with van der Waals surface area (Å²) in [5, 5.41) is 13.9. The van der Waals surface area contributed by atoms with Gasteiger partial charge in [-0.15, -0.1) is 0 Å². The lowest BCUT2D eigenvalue weighted by Crippen LogP contribution is -2.55. The molecule has 9 nitrogen and oxygen atoms in total. The molecule has 4 N–H and O–H groups in total. The molecule has 4 rings (SSSR count). The first kappa shape index (κ1) is 27.0. The number of nitrogens with two attached hydrogens (primary N) is 1. The summed E-state index contributed by atoms with van der Waals surface area (Å²) in [6.07, 6.45) is 0.669. The van der Waals surface area contributed by atoms with Gasteiger partial charge in [-0.2, -0.15) is 17.6 Å². The van der Waals surface area contributed by atoms with Crippen LogP contribution in [0.5, 0.6) is 0 Å². The van der Waals surface area contributed by atoms with Crippen molar-refractivity contribution in [2.75, 3.05) is 36.4 Å². The van der Waals surface area contributed by atoms with Crippen molar-refractivity contribution in [1.29, 1.82) is 0 Å². The summed E-state index contributed by atoms with van der Waals surface area (Å²) >= 11 is 0. The molecule has 2 aromatic heterocycles. The zero-order valence-corrected chi connectivity index (χ0v) is 20.5. The first-order chi connectivity index (χ1) is 17.4. The third-order valence-corrected chi connectivity index (χ3v) is 7.16. The number of halogens is 4. The molecule has 2 atom stereocenters. The van der Waals surface area contributed by atoms with Crippen molar-refractivity contribution < 1.29 is 27.5 Å². The molecule has 0 bridgehead atoms. The van der Waals surface area contributed by atoms with Crippen LogP contribution in [0.1, 0.15) is 43.9 Å². The number of piperidine rings is 1. The molecule has 2 aromatic rings. The van der Waals surface area contributed by atoms with Crippen molar-refractivity contribution in [2.24, 2.45) is 11.7 Å². The Morgan fingerprint density at radius 3 is 2.59 bits per heavy atom. The third kappa shape index (κ3) is 6.45. The van der Waals surface area contributed by atoms with E-state index in [-0.39, 0.29) is 49.8 Å². The number of rotatable bonds is 9. The van der Waals surface area contributed by atoms with Crippen LogP contribution in [0.25, 0.3) is 0 Å². The van der Waals surface area contributed by atoms with Crippen LogP contribution in [-0.4, -0.2) is 68.7 Å². The average Bonchev–Trinajstić information content (AvgIpc) is 2.77. The average molecular weight is 526 g/mol. The Hall–Kier alpha value is -3.06. The van der Waals surface area contributed by atoms with Crippen LogP contribution in [0.3, 0.4) is 0 Å². The highest BCUT2D eigenvalue weighted by atomic mass is 19.4. The number of amides is 1. The van der Waals surface area contributed by atoms with E-state index in [1.54, 1.807) is 16.7 Å². The number of likely N-dealkylation sites (tertiary alicyclic amines) is 1. The van der Waals surface area contributed by atoms with E-state index in [9.17, 15) is 23.1 Å². The molecule has 0 radical (unpaired) electrons. The van der Waals surface area contributed by atoms with Crippen molar-refractivity contribution in [3.63, 3.8) is 0 Å². The molecule has 1 amide bonds. The second-order valence-corrected chi connectivity index (χ2v) is 10.0. The lowest BCUT2D eigenvalue weighted by atomic mass is 9.82. The number of alkyl halides is 3. The SMILES string of the molecule is CC1(O)CN(CC(N)=O)CC[C@H]1CNc1ncnc(N(Cc2ccc(C(F)(F)F)cn2)C2CCC2)c1F. The zero-order chi connectivity index (χ0) is 26.8. The number of aliphatic hydroxyl groups is 1. The number of hydrogen-bond acceptors (Lipinski definition) is 8. The maximum Gasteiger partial charge on any atom is 0.417 e. The molecule has 1 saturated heterocycles. The molecule has 37 heavy (non-hydrogen) atoms. The highest BCUT2D eigenvalue weighted by Gasteiger charge is 2.38. The molecule has 202 valence electrons. The second kappa shape index (κ2) is 10.7. The summed E-state index contributed by atoms with van der Waals surface area (Å²) in [4.78, 5) is 26.8. The number of carbonyl (C=O) groups is 1. The molecule has 1 saturated carbocycles. The number of carbonyl (C=O) groups excluding carboxylic acids is 1. The Morgan fingerprint density at radius 2 is 2.03 bits per heavy atom. The minimum atomic E-state index is -4.48. The fraction of sp³-hybridized carbons (Fsp3) is 0.583. The quantitative estimate of drug-likeness (QED) is 0.428. The van der Waals surface area contributed by atoms with E-state index in [1.807, 2.05) is 0 Å². The highest BCUT2D eigenvalue weighted by molar-refractivity contribution is 5.75. The van der Waals surface area contributed by atoms with Gasteiger partial charge in [0.2, 0.25) is 11.7 Å². The van der Waals surface area contributed by atoms with Gasteiger partial charge in [0.15, 0.2) is 11.6 Å². The van der Waals surface area contributed by atoms with Gasteiger partial charge in [0.1, 0.15) is 6.33 Å². The van der Waals surface area contributed by atoms with Crippen LogP contribution < -0.4 is 16.0 Å². The third-order valence-electron chi connectivity index (χ3n) is 7.16. The minimum absolute atomic E-state index is 0.0170. The van der Waals surface area contributed by atoms with E-state index in [2.05, 4.69) is 20.3 Å². The maximum atomic E-state index is 15.6. The fourth-order valence-electron chi connectivity index (χ4n) is 4.83. The first-order valence-corrected chi connectivity index (χ1v) is 12.2. The maximum absolute atomic E-state index is 15.6. The summed E-state index contributed by atoms with van der Waals surface area (Å²) in [5.74, 6) is -1.34. The molecule has 13 heteroatoms. The van der Waals surface area contributed by atoms with Crippen molar-refractivity contribution in [1.82, 2.24) is 19.9 Å². The molecule has 0 spiro atoms. The number of β-amino-alcohol motifs (C(OH)–C–C–N with tert-alkyl or cyclic N) is 1. The van der Waals surface area contributed by atoms with Gasteiger partial charge in [0.05, 0.1) is 29.9 Å². The number of pyridine rings is 1. The van der Waals surface area contributed by atoms with Gasteiger partial charge >= 0.3 is 6.18 Å². The molecule has 3 heterocycles. The van der Waals surface area contributed by atoms with Crippen molar-refractivity contribution in [3.05, 3.63) is 41.7 Å². The van der Waals surface area contributed by atoms with E-state index in [1.165, 1.54) is 12.4 Å². The molecular formula is C24H31F4N7O2. The lowest BCUT2D eigenvalue weighted by molar-refractivity contribution is -0.137. The molecular weight excluding hydrogens is 494 g/mol. The number of hydrogen-bond donors (Lipinski definition) is 3. The fourth-order valence-corrected chi connectivity index (χ4v) is 4.83. The smallest absolute Gasteiger partial charge is 0.388 e. The Balaban J connectivity index is 1.47. The summed E-state index contributed by atoms with van der Waals surface area (Å²) in [7, 11) is 0. The topological polar surface area (TPSA) is 120 Å². The van der Waals surface area contributed by atoms with Gasteiger partial charge in [-0.05, 0) is 51.3 Å². The number of anilines is 2. The number of primary amides is 1. The first-order valence-electron chi connectivity index (χ1n) is 12.2. The van der Waals surface area contributed by atoms with E-state index < -0.39 is 29.1 Å².